The molecule has 0 unspecified atom stereocenters. The van der Waals surface area contributed by atoms with E-state index in [-0.39, 0.29) is 12.5 Å². The molecular formula is C20H22ClNO4. The Morgan fingerprint density at radius 3 is 2.31 bits per heavy atom. The number of carbonyl (C=O) groups excluding carboxylic acids is 1. The summed E-state index contributed by atoms with van der Waals surface area (Å²) in [6.45, 7) is 6.39. The molecule has 2 aromatic carbocycles. The van der Waals surface area contributed by atoms with Crippen LogP contribution in [0, 0.1) is 0 Å². The van der Waals surface area contributed by atoms with Crippen molar-refractivity contribution < 1.29 is 19.0 Å². The number of carbonyl (C=O) groups is 1. The number of rotatable bonds is 8. The Morgan fingerprint density at radius 1 is 1.12 bits per heavy atom. The second kappa shape index (κ2) is 9.15. The minimum Gasteiger partial charge on any atom is -0.493 e. The van der Waals surface area contributed by atoms with E-state index in [4.69, 9.17) is 25.8 Å². The molecule has 0 saturated carbocycles. The number of halogens is 1. The second-order valence-electron chi connectivity index (χ2n) is 5.75. The summed E-state index contributed by atoms with van der Waals surface area (Å²) < 4.78 is 16.0. The molecule has 0 atom stereocenters. The normalized spacial score (nSPS) is 10.2. The van der Waals surface area contributed by atoms with Crippen LogP contribution in [0.2, 0.25) is 5.02 Å². The number of benzene rings is 2. The number of nitrogens with one attached hydrogen (secondary N) is 1. The molecule has 0 spiro atoms. The minimum absolute atomic E-state index is 0.206. The number of amides is 1. The van der Waals surface area contributed by atoms with E-state index in [1.165, 1.54) is 0 Å². The first-order chi connectivity index (χ1) is 12.4. The second-order valence-corrected chi connectivity index (χ2v) is 6.16. The number of hydrogen-bond donors (Lipinski definition) is 1. The summed E-state index contributed by atoms with van der Waals surface area (Å²) in [6.07, 6.45) is 0. The third-order valence-electron chi connectivity index (χ3n) is 3.59. The van der Waals surface area contributed by atoms with E-state index in [9.17, 15) is 4.79 Å². The van der Waals surface area contributed by atoms with Crippen molar-refractivity contribution >= 4 is 17.5 Å². The van der Waals surface area contributed by atoms with Crippen LogP contribution in [0.15, 0.2) is 48.6 Å². The van der Waals surface area contributed by atoms with E-state index < -0.39 is 0 Å². The van der Waals surface area contributed by atoms with Crippen LogP contribution in [0.1, 0.15) is 22.8 Å². The lowest BCUT2D eigenvalue weighted by Crippen LogP contribution is -2.23. The van der Waals surface area contributed by atoms with Crippen molar-refractivity contribution in [1.82, 2.24) is 5.32 Å². The Bertz CT molecular complexity index is 787. The van der Waals surface area contributed by atoms with Crippen LogP contribution in [-0.2, 0) is 6.54 Å². The molecule has 138 valence electrons. The van der Waals surface area contributed by atoms with Crippen molar-refractivity contribution in [2.75, 3.05) is 20.8 Å². The molecule has 0 radical (unpaired) electrons. The summed E-state index contributed by atoms with van der Waals surface area (Å²) in [4.78, 5) is 12.3. The van der Waals surface area contributed by atoms with E-state index in [0.717, 1.165) is 11.1 Å². The SMILES string of the molecule is C=C(C)COc1ccc(C(=O)NCc2cc(OC)c(OC)cc2Cl)cc1. The molecule has 26 heavy (non-hydrogen) atoms. The summed E-state index contributed by atoms with van der Waals surface area (Å²) in [5.74, 6) is 1.58. The fraction of sp³-hybridized carbons (Fsp3) is 0.250. The molecule has 0 bridgehead atoms. The molecule has 0 aromatic heterocycles. The molecule has 2 aromatic rings. The Morgan fingerprint density at radius 2 is 1.73 bits per heavy atom. The van der Waals surface area contributed by atoms with Gasteiger partial charge in [-0.3, -0.25) is 4.79 Å². The lowest BCUT2D eigenvalue weighted by molar-refractivity contribution is 0.0951. The van der Waals surface area contributed by atoms with Gasteiger partial charge in [0.15, 0.2) is 11.5 Å². The summed E-state index contributed by atoms with van der Waals surface area (Å²) in [6, 6.07) is 10.3. The van der Waals surface area contributed by atoms with Gasteiger partial charge in [-0.15, -0.1) is 0 Å². The highest BCUT2D eigenvalue weighted by Gasteiger charge is 2.12. The average molecular weight is 376 g/mol. The third kappa shape index (κ3) is 5.17. The van der Waals surface area contributed by atoms with Crippen molar-refractivity contribution in [3.8, 4) is 17.2 Å². The predicted molar refractivity (Wildman–Crippen MR) is 102 cm³/mol. The van der Waals surface area contributed by atoms with Gasteiger partial charge in [-0.05, 0) is 48.4 Å². The number of ether oxygens (including phenoxy) is 3. The fourth-order valence-corrected chi connectivity index (χ4v) is 2.44. The van der Waals surface area contributed by atoms with Crippen molar-refractivity contribution in [2.24, 2.45) is 0 Å². The van der Waals surface area contributed by atoms with Crippen molar-refractivity contribution in [2.45, 2.75) is 13.5 Å². The first kappa shape index (κ1) is 19.7. The largest absolute Gasteiger partial charge is 0.493 e. The fourth-order valence-electron chi connectivity index (χ4n) is 2.22. The predicted octanol–water partition coefficient (Wildman–Crippen LogP) is 4.24. The van der Waals surface area contributed by atoms with Crippen LogP contribution in [0.5, 0.6) is 17.2 Å². The molecule has 2 rings (SSSR count). The van der Waals surface area contributed by atoms with Gasteiger partial charge in [-0.2, -0.15) is 0 Å². The zero-order chi connectivity index (χ0) is 19.1. The molecule has 0 aliphatic heterocycles. The van der Waals surface area contributed by atoms with Gasteiger partial charge < -0.3 is 19.5 Å². The van der Waals surface area contributed by atoms with E-state index in [2.05, 4.69) is 11.9 Å². The van der Waals surface area contributed by atoms with Crippen LogP contribution in [0.4, 0.5) is 0 Å². The van der Waals surface area contributed by atoms with Gasteiger partial charge in [0.05, 0.1) is 14.2 Å². The van der Waals surface area contributed by atoms with E-state index in [0.29, 0.717) is 34.4 Å². The van der Waals surface area contributed by atoms with E-state index in [1.807, 2.05) is 6.92 Å². The number of hydrogen-bond acceptors (Lipinski definition) is 4. The lowest BCUT2D eigenvalue weighted by Gasteiger charge is -2.12. The smallest absolute Gasteiger partial charge is 0.251 e. The van der Waals surface area contributed by atoms with Crippen LogP contribution >= 0.6 is 11.6 Å². The summed E-state index contributed by atoms with van der Waals surface area (Å²) in [5.41, 5.74) is 2.20. The maximum Gasteiger partial charge on any atom is 0.251 e. The topological polar surface area (TPSA) is 56.8 Å². The monoisotopic (exact) mass is 375 g/mol. The highest BCUT2D eigenvalue weighted by molar-refractivity contribution is 6.31. The maximum atomic E-state index is 12.3. The molecule has 0 fully saturated rings. The third-order valence-corrected chi connectivity index (χ3v) is 3.95. The number of methoxy groups -OCH3 is 2. The maximum absolute atomic E-state index is 12.3. The van der Waals surface area contributed by atoms with Gasteiger partial charge in [-0.1, -0.05) is 18.2 Å². The zero-order valence-corrected chi connectivity index (χ0v) is 15.9. The van der Waals surface area contributed by atoms with Gasteiger partial charge in [-0.25, -0.2) is 0 Å². The molecule has 0 aliphatic rings. The molecule has 1 N–H and O–H groups in total. The van der Waals surface area contributed by atoms with E-state index in [1.54, 1.807) is 50.6 Å². The molecule has 0 saturated heterocycles. The highest BCUT2D eigenvalue weighted by atomic mass is 35.5. The van der Waals surface area contributed by atoms with Crippen LogP contribution < -0.4 is 19.5 Å². The van der Waals surface area contributed by atoms with E-state index >= 15 is 0 Å². The Balaban J connectivity index is 2.01. The van der Waals surface area contributed by atoms with Crippen molar-refractivity contribution in [3.05, 3.63) is 64.7 Å². The summed E-state index contributed by atoms with van der Waals surface area (Å²) in [7, 11) is 3.09. The Hall–Kier alpha value is -2.66. The minimum atomic E-state index is -0.206. The zero-order valence-electron chi connectivity index (χ0n) is 15.1. The molecule has 0 heterocycles. The molecule has 5 nitrogen and oxygen atoms in total. The quantitative estimate of drug-likeness (QED) is 0.701. The van der Waals surface area contributed by atoms with Gasteiger partial charge in [0.1, 0.15) is 12.4 Å². The van der Waals surface area contributed by atoms with Crippen LogP contribution in [0.25, 0.3) is 0 Å². The lowest BCUT2D eigenvalue weighted by atomic mass is 10.1. The van der Waals surface area contributed by atoms with Gasteiger partial charge in [0.2, 0.25) is 0 Å². The first-order valence-corrected chi connectivity index (χ1v) is 8.38. The average Bonchev–Trinajstić information content (AvgIpc) is 2.65. The summed E-state index contributed by atoms with van der Waals surface area (Å²) in [5, 5.41) is 3.33. The Kier molecular flexibility index (Phi) is 6.92. The molecule has 1 amide bonds. The van der Waals surface area contributed by atoms with Crippen molar-refractivity contribution in [3.63, 3.8) is 0 Å². The highest BCUT2D eigenvalue weighted by Crippen LogP contribution is 2.33. The van der Waals surface area contributed by atoms with Gasteiger partial charge in [0, 0.05) is 23.2 Å². The summed E-state index contributed by atoms with van der Waals surface area (Å²) >= 11 is 6.24. The van der Waals surface area contributed by atoms with Crippen molar-refractivity contribution in [1.29, 1.82) is 0 Å². The first-order valence-electron chi connectivity index (χ1n) is 8.00. The molecule has 0 aliphatic carbocycles. The van der Waals surface area contributed by atoms with Gasteiger partial charge in [0.25, 0.3) is 5.91 Å². The van der Waals surface area contributed by atoms with Crippen LogP contribution in [0.3, 0.4) is 0 Å². The standard InChI is InChI=1S/C20H22ClNO4/c1-13(2)12-26-16-7-5-14(6-8-16)20(23)22-11-15-9-18(24-3)19(25-4)10-17(15)21/h5-10H,1,11-12H2,2-4H3,(H,22,23). The molecule has 6 heteroatoms. The Labute approximate surface area is 158 Å². The molecular weight excluding hydrogens is 354 g/mol. The van der Waals surface area contributed by atoms with Crippen LogP contribution in [-0.4, -0.2) is 26.7 Å². The van der Waals surface area contributed by atoms with Gasteiger partial charge >= 0.3 is 0 Å².